The van der Waals surface area contributed by atoms with Gasteiger partial charge in [0, 0.05) is 18.7 Å². The normalized spacial score (nSPS) is 11.1. The number of amides is 1. The average molecular weight is 425 g/mol. The van der Waals surface area contributed by atoms with Gasteiger partial charge in [-0.3, -0.25) is 14.2 Å². The van der Waals surface area contributed by atoms with Gasteiger partial charge in [-0.2, -0.15) is 0 Å². The molecular formula is C23H28N4O4. The molecule has 1 aromatic heterocycles. The van der Waals surface area contributed by atoms with Gasteiger partial charge in [0.25, 0.3) is 5.56 Å². The molecule has 31 heavy (non-hydrogen) atoms. The van der Waals surface area contributed by atoms with Crippen molar-refractivity contribution in [3.8, 4) is 5.75 Å². The average Bonchev–Trinajstić information content (AvgIpc) is 2.79. The van der Waals surface area contributed by atoms with Gasteiger partial charge in [-0.25, -0.2) is 4.79 Å². The second-order valence-electron chi connectivity index (χ2n) is 7.13. The quantitative estimate of drug-likeness (QED) is 0.517. The first-order valence-corrected chi connectivity index (χ1v) is 10.4. The van der Waals surface area contributed by atoms with E-state index < -0.39 is 17.2 Å². The smallest absolute Gasteiger partial charge is 0.329 e. The van der Waals surface area contributed by atoms with Gasteiger partial charge in [0.05, 0.1) is 10.9 Å². The number of aromatic nitrogens is 2. The molecule has 0 aliphatic heterocycles. The van der Waals surface area contributed by atoms with E-state index in [-0.39, 0.29) is 13.1 Å². The van der Waals surface area contributed by atoms with E-state index in [1.807, 2.05) is 24.3 Å². The van der Waals surface area contributed by atoms with Gasteiger partial charge in [0.1, 0.15) is 18.9 Å². The maximum absolute atomic E-state index is 12.6. The molecule has 0 fully saturated rings. The van der Waals surface area contributed by atoms with Gasteiger partial charge in [-0.05, 0) is 31.3 Å². The third kappa shape index (κ3) is 5.61. The Labute approximate surface area is 180 Å². The third-order valence-electron chi connectivity index (χ3n) is 5.20. The molecule has 0 saturated heterocycles. The highest BCUT2D eigenvalue weighted by atomic mass is 16.5. The van der Waals surface area contributed by atoms with Gasteiger partial charge in [0.2, 0.25) is 5.91 Å². The Morgan fingerprint density at radius 2 is 1.77 bits per heavy atom. The lowest BCUT2D eigenvalue weighted by molar-refractivity contribution is -0.121. The number of rotatable bonds is 10. The number of carbonyl (C=O) groups excluding carboxylic acids is 1. The van der Waals surface area contributed by atoms with Crippen LogP contribution in [0.25, 0.3) is 10.9 Å². The number of nitrogens with one attached hydrogen (secondary N) is 2. The van der Waals surface area contributed by atoms with E-state index in [1.54, 1.807) is 24.3 Å². The molecule has 2 N–H and O–H groups in total. The Kier molecular flexibility index (Phi) is 7.61. The highest BCUT2D eigenvalue weighted by Crippen LogP contribution is 2.17. The van der Waals surface area contributed by atoms with Crippen LogP contribution < -0.4 is 21.3 Å². The summed E-state index contributed by atoms with van der Waals surface area (Å²) in [5.74, 6) is 0.275. The van der Waals surface area contributed by atoms with Crippen LogP contribution in [0.2, 0.25) is 0 Å². The van der Waals surface area contributed by atoms with Crippen LogP contribution in [0.3, 0.4) is 0 Å². The fourth-order valence-corrected chi connectivity index (χ4v) is 3.35. The van der Waals surface area contributed by atoms with Gasteiger partial charge >= 0.3 is 5.69 Å². The van der Waals surface area contributed by atoms with Crippen molar-refractivity contribution in [3.63, 3.8) is 0 Å². The van der Waals surface area contributed by atoms with E-state index in [4.69, 9.17) is 4.74 Å². The van der Waals surface area contributed by atoms with E-state index >= 15 is 0 Å². The Morgan fingerprint density at radius 3 is 2.55 bits per heavy atom. The Balaban J connectivity index is 1.64. The molecule has 0 aliphatic rings. The number of nitrogens with zero attached hydrogens (tertiary/aromatic N) is 2. The predicted octanol–water partition coefficient (Wildman–Crippen LogP) is 1.73. The van der Waals surface area contributed by atoms with E-state index in [2.05, 4.69) is 29.0 Å². The number of hydrogen-bond donors (Lipinski definition) is 2. The minimum Gasteiger partial charge on any atom is -0.492 e. The number of aromatic amines is 1. The molecule has 2 aromatic carbocycles. The summed E-state index contributed by atoms with van der Waals surface area (Å²) >= 11 is 0. The van der Waals surface area contributed by atoms with Crippen LogP contribution in [0.15, 0.2) is 58.1 Å². The molecule has 0 saturated carbocycles. The van der Waals surface area contributed by atoms with Crippen LogP contribution in [0.5, 0.6) is 5.75 Å². The maximum atomic E-state index is 12.6. The molecule has 8 nitrogen and oxygen atoms in total. The van der Waals surface area contributed by atoms with Crippen molar-refractivity contribution in [1.29, 1.82) is 0 Å². The zero-order valence-corrected chi connectivity index (χ0v) is 17.9. The van der Waals surface area contributed by atoms with E-state index in [9.17, 15) is 14.4 Å². The molecule has 3 aromatic rings. The lowest BCUT2D eigenvalue weighted by Gasteiger charge is -2.19. The third-order valence-corrected chi connectivity index (χ3v) is 5.20. The Morgan fingerprint density at radius 1 is 1.06 bits per heavy atom. The first kappa shape index (κ1) is 22.3. The molecule has 0 unspecified atom stereocenters. The lowest BCUT2D eigenvalue weighted by Crippen LogP contribution is -2.40. The number of carbonyl (C=O) groups is 1. The van der Waals surface area contributed by atoms with Crippen molar-refractivity contribution < 1.29 is 9.53 Å². The summed E-state index contributed by atoms with van der Waals surface area (Å²) in [6.07, 6.45) is 0. The molecule has 0 radical (unpaired) electrons. The zero-order valence-electron chi connectivity index (χ0n) is 17.9. The van der Waals surface area contributed by atoms with Gasteiger partial charge in [-0.15, -0.1) is 0 Å². The number of fused-ring (bicyclic) bond motifs is 1. The molecule has 1 amide bonds. The lowest BCUT2D eigenvalue weighted by atomic mass is 10.2. The molecular weight excluding hydrogens is 396 g/mol. The summed E-state index contributed by atoms with van der Waals surface area (Å²) < 4.78 is 6.81. The fraction of sp³-hybridized carbons (Fsp3) is 0.348. The minimum absolute atomic E-state index is 0.237. The fourth-order valence-electron chi connectivity index (χ4n) is 3.35. The summed E-state index contributed by atoms with van der Waals surface area (Å²) in [6.45, 7) is 7.40. The standard InChI is InChI=1S/C23H28N4O4/c1-3-26(4-2)13-14-31-20-12-8-5-9-17(20)15-24-21(28)16-27-22(29)18-10-6-7-11-19(18)25-23(27)30/h5-12H,3-4,13-16H2,1-2H3,(H,24,28)(H,25,30). The first-order chi connectivity index (χ1) is 15.0. The van der Waals surface area contributed by atoms with Crippen molar-refractivity contribution in [2.45, 2.75) is 26.9 Å². The zero-order chi connectivity index (χ0) is 22.2. The number of para-hydroxylation sites is 2. The number of likely N-dealkylation sites (N-methyl/N-ethyl adjacent to an activating group) is 1. The number of H-pyrrole nitrogens is 1. The van der Waals surface area contributed by atoms with Crippen LogP contribution >= 0.6 is 0 Å². The van der Waals surface area contributed by atoms with Crippen molar-refractivity contribution >= 4 is 16.8 Å². The molecule has 0 atom stereocenters. The molecule has 1 heterocycles. The van der Waals surface area contributed by atoms with Gasteiger partial charge in [0.15, 0.2) is 0 Å². The predicted molar refractivity (Wildman–Crippen MR) is 120 cm³/mol. The summed E-state index contributed by atoms with van der Waals surface area (Å²) in [4.78, 5) is 42.2. The van der Waals surface area contributed by atoms with Crippen LogP contribution in [0.1, 0.15) is 19.4 Å². The number of ether oxygens (including phenoxy) is 1. The number of benzene rings is 2. The minimum atomic E-state index is -0.612. The Hall–Kier alpha value is -3.39. The number of hydrogen-bond acceptors (Lipinski definition) is 5. The summed E-state index contributed by atoms with van der Waals surface area (Å²) in [7, 11) is 0. The van der Waals surface area contributed by atoms with E-state index in [1.165, 1.54) is 0 Å². The highest BCUT2D eigenvalue weighted by molar-refractivity contribution is 5.78. The monoisotopic (exact) mass is 424 g/mol. The topological polar surface area (TPSA) is 96.4 Å². The molecule has 0 bridgehead atoms. The highest BCUT2D eigenvalue weighted by Gasteiger charge is 2.12. The van der Waals surface area contributed by atoms with Crippen molar-refractivity contribution in [3.05, 3.63) is 74.9 Å². The van der Waals surface area contributed by atoms with Crippen molar-refractivity contribution in [2.75, 3.05) is 26.2 Å². The summed E-state index contributed by atoms with van der Waals surface area (Å²) in [5, 5.41) is 3.13. The molecule has 3 rings (SSSR count). The van der Waals surface area contributed by atoms with Gasteiger partial charge in [-0.1, -0.05) is 44.2 Å². The SMILES string of the molecule is CCN(CC)CCOc1ccccc1CNC(=O)Cn1c(=O)[nH]c2ccccc2c1=O. The van der Waals surface area contributed by atoms with E-state index in [0.717, 1.165) is 29.8 Å². The van der Waals surface area contributed by atoms with Crippen LogP contribution in [-0.4, -0.2) is 46.6 Å². The van der Waals surface area contributed by atoms with Gasteiger partial charge < -0.3 is 19.9 Å². The van der Waals surface area contributed by atoms with Crippen LogP contribution in [0.4, 0.5) is 0 Å². The van der Waals surface area contributed by atoms with Crippen LogP contribution in [0, 0.1) is 0 Å². The molecule has 164 valence electrons. The molecule has 0 aliphatic carbocycles. The second kappa shape index (κ2) is 10.6. The first-order valence-electron chi connectivity index (χ1n) is 10.4. The van der Waals surface area contributed by atoms with Crippen molar-refractivity contribution in [1.82, 2.24) is 19.8 Å². The van der Waals surface area contributed by atoms with Crippen LogP contribution in [-0.2, 0) is 17.9 Å². The summed E-state index contributed by atoms with van der Waals surface area (Å²) in [5.41, 5.74) is 0.175. The van der Waals surface area contributed by atoms with Crippen molar-refractivity contribution in [2.24, 2.45) is 0 Å². The second-order valence-corrected chi connectivity index (χ2v) is 7.13. The molecule has 0 spiro atoms. The Bertz CT molecular complexity index is 1150. The summed E-state index contributed by atoms with van der Waals surface area (Å²) in [6, 6.07) is 14.2. The largest absolute Gasteiger partial charge is 0.492 e. The van der Waals surface area contributed by atoms with E-state index in [0.29, 0.717) is 23.3 Å². The maximum Gasteiger partial charge on any atom is 0.329 e. The molecule has 8 heteroatoms.